The molecule has 0 saturated heterocycles. The minimum Gasteiger partial charge on any atom is -0.493 e. The van der Waals surface area contributed by atoms with E-state index in [0.717, 1.165) is 38.3 Å². The first-order valence-electron chi connectivity index (χ1n) is 6.92. The normalized spacial score (nSPS) is 17.1. The predicted octanol–water partition coefficient (Wildman–Crippen LogP) is 3.49. The van der Waals surface area contributed by atoms with Gasteiger partial charge in [0.1, 0.15) is 5.75 Å². The third kappa shape index (κ3) is 3.61. The van der Waals surface area contributed by atoms with E-state index in [0.29, 0.717) is 5.92 Å². The van der Waals surface area contributed by atoms with Gasteiger partial charge in [0.25, 0.3) is 0 Å². The zero-order valence-electron chi connectivity index (χ0n) is 11.4. The van der Waals surface area contributed by atoms with Gasteiger partial charge in [0.2, 0.25) is 0 Å². The molecule has 98 valence electrons. The zero-order chi connectivity index (χ0) is 12.8. The smallest absolute Gasteiger partial charge is 0.119 e. The van der Waals surface area contributed by atoms with E-state index in [4.69, 9.17) is 4.74 Å². The summed E-state index contributed by atoms with van der Waals surface area (Å²) in [6.45, 7) is 7.29. The van der Waals surface area contributed by atoms with Gasteiger partial charge in [-0.1, -0.05) is 38.5 Å². The van der Waals surface area contributed by atoms with Crippen LogP contribution in [0.2, 0.25) is 0 Å². The molecule has 0 aliphatic carbocycles. The highest BCUT2D eigenvalue weighted by Gasteiger charge is 2.06. The Balaban J connectivity index is 1.95. The van der Waals surface area contributed by atoms with Gasteiger partial charge in [0.15, 0.2) is 0 Å². The van der Waals surface area contributed by atoms with E-state index >= 15 is 0 Å². The fourth-order valence-electron chi connectivity index (χ4n) is 2.01. The zero-order valence-corrected chi connectivity index (χ0v) is 11.4. The Labute approximate surface area is 110 Å². The minimum absolute atomic E-state index is 0.622. The highest BCUT2D eigenvalue weighted by molar-refractivity contribution is 5.67. The largest absolute Gasteiger partial charge is 0.493 e. The van der Waals surface area contributed by atoms with Gasteiger partial charge in [-0.15, -0.1) is 0 Å². The molecule has 0 spiro atoms. The molecule has 0 bridgehead atoms. The lowest BCUT2D eigenvalue weighted by atomic mass is 10.0. The summed E-state index contributed by atoms with van der Waals surface area (Å²) in [4.78, 5) is 0. The Kier molecular flexibility index (Phi) is 4.82. The van der Waals surface area contributed by atoms with Crippen LogP contribution in [-0.2, 0) is 0 Å². The maximum absolute atomic E-state index is 5.77. The quantitative estimate of drug-likeness (QED) is 0.857. The highest BCUT2D eigenvalue weighted by atomic mass is 16.5. The van der Waals surface area contributed by atoms with Crippen LogP contribution in [0.25, 0.3) is 5.57 Å². The molecule has 1 atom stereocenters. The molecule has 2 nitrogen and oxygen atoms in total. The summed E-state index contributed by atoms with van der Waals surface area (Å²) in [6.07, 6.45) is 4.56. The topological polar surface area (TPSA) is 21.3 Å². The lowest BCUT2D eigenvalue weighted by molar-refractivity contribution is 0.256. The van der Waals surface area contributed by atoms with Gasteiger partial charge in [-0.2, -0.15) is 0 Å². The molecule has 1 aromatic rings. The first kappa shape index (κ1) is 13.2. The maximum Gasteiger partial charge on any atom is 0.119 e. The summed E-state index contributed by atoms with van der Waals surface area (Å²) < 4.78 is 5.77. The maximum atomic E-state index is 5.77. The average Bonchev–Trinajstić information content (AvgIpc) is 2.46. The molecule has 2 heteroatoms. The summed E-state index contributed by atoms with van der Waals surface area (Å²) >= 11 is 0. The molecule has 0 radical (unpaired) electrons. The van der Waals surface area contributed by atoms with Crippen molar-refractivity contribution in [3.8, 4) is 5.75 Å². The number of hydrogen-bond donors (Lipinski definition) is 1. The molecule has 0 aromatic heterocycles. The predicted molar refractivity (Wildman–Crippen MR) is 76.9 cm³/mol. The number of benzene rings is 1. The van der Waals surface area contributed by atoms with Crippen molar-refractivity contribution in [1.29, 1.82) is 0 Å². The highest BCUT2D eigenvalue weighted by Crippen LogP contribution is 2.22. The van der Waals surface area contributed by atoms with Crippen molar-refractivity contribution in [2.45, 2.75) is 26.7 Å². The summed E-state index contributed by atoms with van der Waals surface area (Å²) in [5.41, 5.74) is 2.77. The van der Waals surface area contributed by atoms with Crippen LogP contribution in [0.1, 0.15) is 32.3 Å². The summed E-state index contributed by atoms with van der Waals surface area (Å²) in [5, 5.41) is 3.33. The molecule has 0 amide bonds. The Bertz CT molecular complexity index is 394. The number of ether oxygens (including phenoxy) is 1. The van der Waals surface area contributed by atoms with Gasteiger partial charge in [-0.25, -0.2) is 0 Å². The van der Waals surface area contributed by atoms with Crippen molar-refractivity contribution in [1.82, 2.24) is 5.32 Å². The van der Waals surface area contributed by atoms with E-state index in [1.165, 1.54) is 11.1 Å². The molecule has 1 N–H and O–H groups in total. The second-order valence-corrected chi connectivity index (χ2v) is 5.03. The Morgan fingerprint density at radius 1 is 1.28 bits per heavy atom. The second kappa shape index (κ2) is 6.60. The van der Waals surface area contributed by atoms with Crippen LogP contribution in [0.3, 0.4) is 0 Å². The molecule has 0 saturated carbocycles. The minimum atomic E-state index is 0.622. The van der Waals surface area contributed by atoms with Gasteiger partial charge in [0, 0.05) is 6.54 Å². The molecular weight excluding hydrogens is 222 g/mol. The van der Waals surface area contributed by atoms with E-state index in [9.17, 15) is 0 Å². The van der Waals surface area contributed by atoms with E-state index in [1.807, 2.05) is 0 Å². The lowest BCUT2D eigenvalue weighted by Crippen LogP contribution is -2.19. The standard InChI is InChI=1S/C16H23NO/c1-3-13(2)12-18-16-6-4-14(5-7-16)15-8-10-17-11-9-15/h4-8,13,17H,3,9-12H2,1-2H3. The number of rotatable bonds is 5. The van der Waals surface area contributed by atoms with Gasteiger partial charge in [-0.05, 0) is 42.2 Å². The van der Waals surface area contributed by atoms with Crippen LogP contribution >= 0.6 is 0 Å². The van der Waals surface area contributed by atoms with Crippen molar-refractivity contribution >= 4 is 5.57 Å². The van der Waals surface area contributed by atoms with Crippen LogP contribution in [0, 0.1) is 5.92 Å². The van der Waals surface area contributed by atoms with Crippen LogP contribution in [0.15, 0.2) is 30.3 Å². The third-order valence-corrected chi connectivity index (χ3v) is 3.52. The Morgan fingerprint density at radius 2 is 2.06 bits per heavy atom. The van der Waals surface area contributed by atoms with Crippen LogP contribution < -0.4 is 10.1 Å². The van der Waals surface area contributed by atoms with Crippen molar-refractivity contribution in [3.63, 3.8) is 0 Å². The molecule has 1 heterocycles. The van der Waals surface area contributed by atoms with Gasteiger partial charge >= 0.3 is 0 Å². The van der Waals surface area contributed by atoms with Crippen LogP contribution in [-0.4, -0.2) is 19.7 Å². The van der Waals surface area contributed by atoms with Crippen molar-refractivity contribution in [2.75, 3.05) is 19.7 Å². The third-order valence-electron chi connectivity index (χ3n) is 3.52. The number of hydrogen-bond acceptors (Lipinski definition) is 2. The van der Waals surface area contributed by atoms with Gasteiger partial charge < -0.3 is 10.1 Å². The molecule has 1 unspecified atom stereocenters. The molecule has 1 aliphatic heterocycles. The van der Waals surface area contributed by atoms with Crippen molar-refractivity contribution < 1.29 is 4.74 Å². The summed E-state index contributed by atoms with van der Waals surface area (Å²) in [7, 11) is 0. The molecule has 18 heavy (non-hydrogen) atoms. The van der Waals surface area contributed by atoms with E-state index in [-0.39, 0.29) is 0 Å². The fraction of sp³-hybridized carbons (Fsp3) is 0.500. The summed E-state index contributed by atoms with van der Waals surface area (Å²) in [5.74, 6) is 1.60. The van der Waals surface area contributed by atoms with Crippen molar-refractivity contribution in [3.05, 3.63) is 35.9 Å². The van der Waals surface area contributed by atoms with Crippen LogP contribution in [0.5, 0.6) is 5.75 Å². The van der Waals surface area contributed by atoms with E-state index in [2.05, 4.69) is 49.5 Å². The summed E-state index contributed by atoms with van der Waals surface area (Å²) in [6, 6.07) is 8.51. The van der Waals surface area contributed by atoms with E-state index in [1.54, 1.807) is 0 Å². The van der Waals surface area contributed by atoms with Crippen molar-refractivity contribution in [2.24, 2.45) is 5.92 Å². The molecule has 0 fully saturated rings. The molecular formula is C16H23NO. The Morgan fingerprint density at radius 3 is 2.67 bits per heavy atom. The first-order valence-corrected chi connectivity index (χ1v) is 6.92. The molecule has 1 aliphatic rings. The van der Waals surface area contributed by atoms with Crippen LogP contribution in [0.4, 0.5) is 0 Å². The van der Waals surface area contributed by atoms with Gasteiger partial charge in [0.05, 0.1) is 6.61 Å². The average molecular weight is 245 g/mol. The lowest BCUT2D eigenvalue weighted by Gasteiger charge is -2.15. The Hall–Kier alpha value is -1.28. The monoisotopic (exact) mass is 245 g/mol. The van der Waals surface area contributed by atoms with E-state index < -0.39 is 0 Å². The van der Waals surface area contributed by atoms with Gasteiger partial charge in [-0.3, -0.25) is 0 Å². The molecule has 2 rings (SSSR count). The first-order chi connectivity index (χ1) is 8.79. The molecule has 1 aromatic carbocycles. The SMILES string of the molecule is CCC(C)COc1ccc(C2=CCNCC2)cc1. The number of nitrogens with one attached hydrogen (secondary N) is 1. The fourth-order valence-corrected chi connectivity index (χ4v) is 2.01. The second-order valence-electron chi connectivity index (χ2n) is 5.03.